The van der Waals surface area contributed by atoms with Gasteiger partial charge in [-0.25, -0.2) is 10.3 Å². The number of aromatic nitrogens is 1. The number of methoxy groups -OCH3 is 1. The van der Waals surface area contributed by atoms with Crippen molar-refractivity contribution < 1.29 is 19.5 Å². The van der Waals surface area contributed by atoms with Crippen molar-refractivity contribution in [1.82, 2.24) is 15.8 Å². The van der Waals surface area contributed by atoms with Crippen LogP contribution in [0.15, 0.2) is 91.0 Å². The van der Waals surface area contributed by atoms with Crippen LogP contribution in [0, 0.1) is 0 Å². The quantitative estimate of drug-likeness (QED) is 0.0691. The Morgan fingerprint density at radius 3 is 2.53 bits per heavy atom. The fraction of sp³-hybridized carbons (Fsp3) is 0.267. The molecular weight excluding hydrogens is 480 g/mol. The number of hydrogen-bond acceptors (Lipinski definition) is 4. The second-order valence-electron chi connectivity index (χ2n) is 8.76. The molecule has 3 rings (SSSR count). The highest BCUT2D eigenvalue weighted by atomic mass is 16.5. The molecular formula is C30H36N4O4. The third kappa shape index (κ3) is 8.38. The van der Waals surface area contributed by atoms with Crippen molar-refractivity contribution in [2.75, 3.05) is 18.6 Å². The molecule has 3 aromatic rings. The molecule has 0 aliphatic heterocycles. The monoisotopic (exact) mass is 516 g/mol. The van der Waals surface area contributed by atoms with Crippen molar-refractivity contribution in [3.63, 3.8) is 0 Å². The van der Waals surface area contributed by atoms with E-state index in [9.17, 15) is 9.59 Å². The van der Waals surface area contributed by atoms with Crippen molar-refractivity contribution in [1.29, 1.82) is 0 Å². The summed E-state index contributed by atoms with van der Waals surface area (Å²) in [5.74, 6) is 0.297. The first kappa shape index (κ1) is 28.3. The number of nitrogens with one attached hydrogen (secondary N) is 3. The van der Waals surface area contributed by atoms with Crippen molar-refractivity contribution in [3.8, 4) is 11.1 Å². The third-order valence-corrected chi connectivity index (χ3v) is 6.10. The highest BCUT2D eigenvalue weighted by Crippen LogP contribution is 2.26. The van der Waals surface area contributed by atoms with Crippen LogP contribution in [-0.2, 0) is 9.53 Å². The molecule has 0 atom stereocenters. The molecule has 8 nitrogen and oxygen atoms in total. The van der Waals surface area contributed by atoms with Gasteiger partial charge in [0.25, 0.3) is 0 Å². The lowest BCUT2D eigenvalue weighted by molar-refractivity contribution is -0.129. The summed E-state index contributed by atoms with van der Waals surface area (Å²) in [5, 5.41) is 12.6. The molecule has 0 radical (unpaired) electrons. The Balaban J connectivity index is 1.69. The molecule has 3 amide bonds. The minimum Gasteiger partial charge on any atom is -0.497 e. The highest BCUT2D eigenvalue weighted by molar-refractivity contribution is 5.93. The number of amides is 3. The summed E-state index contributed by atoms with van der Waals surface area (Å²) in [6.07, 6.45) is 14.1. The normalized spacial score (nSPS) is 11.8. The number of allylic oxidation sites excluding steroid dienone is 4. The Hall–Kier alpha value is -4.30. The average molecular weight is 517 g/mol. The number of ether oxygens (including phenoxy) is 1. The van der Waals surface area contributed by atoms with Crippen LogP contribution in [0.4, 0.5) is 10.5 Å². The maximum absolute atomic E-state index is 13.1. The van der Waals surface area contributed by atoms with Crippen molar-refractivity contribution >= 4 is 28.5 Å². The van der Waals surface area contributed by atoms with Crippen LogP contribution < -0.4 is 15.7 Å². The highest BCUT2D eigenvalue weighted by Gasteiger charge is 2.15. The molecule has 0 aliphatic carbocycles. The summed E-state index contributed by atoms with van der Waals surface area (Å²) in [5.41, 5.74) is 5.69. The molecule has 0 bridgehead atoms. The van der Waals surface area contributed by atoms with E-state index >= 15 is 0 Å². The predicted octanol–water partition coefficient (Wildman–Crippen LogP) is 6.43. The Bertz CT molecular complexity index is 1270. The van der Waals surface area contributed by atoms with Crippen LogP contribution in [0.1, 0.15) is 39.0 Å². The van der Waals surface area contributed by atoms with E-state index in [4.69, 9.17) is 9.94 Å². The van der Waals surface area contributed by atoms with Gasteiger partial charge in [0.2, 0.25) is 5.91 Å². The molecule has 0 unspecified atom stereocenters. The Kier molecular flexibility index (Phi) is 11.2. The number of hydrogen-bond donors (Lipinski definition) is 4. The average Bonchev–Trinajstić information content (AvgIpc) is 3.42. The Labute approximate surface area is 223 Å². The number of fused-ring (bicyclic) bond motifs is 1. The Morgan fingerprint density at radius 1 is 1.03 bits per heavy atom. The number of carbonyl (C=O) groups excluding carboxylic acids is 2. The molecule has 2 aromatic carbocycles. The molecule has 0 saturated heterocycles. The smallest absolute Gasteiger partial charge is 0.325 e. The van der Waals surface area contributed by atoms with Crippen LogP contribution in [0.3, 0.4) is 0 Å². The zero-order valence-corrected chi connectivity index (χ0v) is 21.9. The number of aromatic amines is 1. The lowest BCUT2D eigenvalue weighted by Crippen LogP contribution is -2.38. The number of carbonyl (C=O) groups is 2. The molecule has 200 valence electrons. The van der Waals surface area contributed by atoms with Crippen molar-refractivity contribution in [2.24, 2.45) is 0 Å². The lowest BCUT2D eigenvalue weighted by atomic mass is 10.0. The molecule has 8 heteroatoms. The summed E-state index contributed by atoms with van der Waals surface area (Å²) < 4.78 is 5.25. The molecule has 0 fully saturated rings. The van der Waals surface area contributed by atoms with Crippen LogP contribution >= 0.6 is 0 Å². The summed E-state index contributed by atoms with van der Waals surface area (Å²) >= 11 is 0. The van der Waals surface area contributed by atoms with E-state index in [0.29, 0.717) is 18.7 Å². The zero-order valence-electron chi connectivity index (χ0n) is 21.9. The maximum atomic E-state index is 13.1. The van der Waals surface area contributed by atoms with Gasteiger partial charge in [0.15, 0.2) is 0 Å². The predicted molar refractivity (Wildman–Crippen MR) is 152 cm³/mol. The van der Waals surface area contributed by atoms with Gasteiger partial charge in [-0.15, -0.1) is 0 Å². The number of rotatable bonds is 13. The van der Waals surface area contributed by atoms with E-state index in [1.807, 2.05) is 55.6 Å². The number of hydroxylamine groups is 1. The fourth-order valence-corrected chi connectivity index (χ4v) is 4.07. The van der Waals surface area contributed by atoms with Crippen molar-refractivity contribution in [2.45, 2.75) is 39.0 Å². The first-order valence-corrected chi connectivity index (χ1v) is 12.8. The summed E-state index contributed by atoms with van der Waals surface area (Å²) in [7, 11) is 1.59. The number of H-pyrrole nitrogens is 1. The van der Waals surface area contributed by atoms with Gasteiger partial charge < -0.3 is 15.0 Å². The van der Waals surface area contributed by atoms with Gasteiger partial charge in [0, 0.05) is 36.6 Å². The molecule has 0 spiro atoms. The van der Waals surface area contributed by atoms with Gasteiger partial charge in [-0.2, -0.15) is 0 Å². The van der Waals surface area contributed by atoms with Gasteiger partial charge in [-0.05, 0) is 78.8 Å². The number of anilines is 1. The van der Waals surface area contributed by atoms with E-state index in [1.54, 1.807) is 35.8 Å². The van der Waals surface area contributed by atoms with Gasteiger partial charge in [0.1, 0.15) is 5.76 Å². The number of nitrogens with zero attached hydrogens (tertiary/aromatic N) is 1. The third-order valence-electron chi connectivity index (χ3n) is 6.10. The number of unbranched alkanes of at least 4 members (excludes halogenated alkanes) is 3. The second-order valence-corrected chi connectivity index (χ2v) is 8.76. The van der Waals surface area contributed by atoms with Crippen LogP contribution in [0.2, 0.25) is 0 Å². The molecule has 0 saturated carbocycles. The Morgan fingerprint density at radius 2 is 1.79 bits per heavy atom. The molecule has 38 heavy (non-hydrogen) atoms. The van der Waals surface area contributed by atoms with Crippen molar-refractivity contribution in [3.05, 3.63) is 91.0 Å². The van der Waals surface area contributed by atoms with Crippen LogP contribution in [0.5, 0.6) is 0 Å². The number of benzene rings is 2. The zero-order chi connectivity index (χ0) is 27.2. The summed E-state index contributed by atoms with van der Waals surface area (Å²) in [4.78, 5) is 29.3. The van der Waals surface area contributed by atoms with Crippen LogP contribution in [0.25, 0.3) is 22.0 Å². The largest absolute Gasteiger partial charge is 0.497 e. The summed E-state index contributed by atoms with van der Waals surface area (Å²) in [6.45, 7) is 2.43. The molecule has 0 aliphatic rings. The van der Waals surface area contributed by atoms with E-state index in [0.717, 1.165) is 47.0 Å². The van der Waals surface area contributed by atoms with Gasteiger partial charge in [0.05, 0.1) is 7.11 Å². The molecule has 1 heterocycles. The van der Waals surface area contributed by atoms with Gasteiger partial charge in [-0.1, -0.05) is 43.2 Å². The first-order valence-electron chi connectivity index (χ1n) is 12.8. The minimum atomic E-state index is -0.381. The topological polar surface area (TPSA) is 107 Å². The lowest BCUT2D eigenvalue weighted by Gasteiger charge is -2.23. The maximum Gasteiger partial charge on any atom is 0.325 e. The number of urea groups is 1. The van der Waals surface area contributed by atoms with E-state index < -0.39 is 0 Å². The van der Waals surface area contributed by atoms with E-state index in [2.05, 4.69) is 28.5 Å². The minimum absolute atomic E-state index is 0.236. The SMILES string of the molecule is C\C=C/C(=C\C=C\NC(=O)N(CCCCCCC(=O)NO)c1ccc(-c2ccc3cc[nH]c3c2)cc1)OC. The van der Waals surface area contributed by atoms with Gasteiger partial charge in [-0.3, -0.25) is 14.9 Å². The molecule has 1 aromatic heterocycles. The van der Waals surface area contributed by atoms with Crippen LogP contribution in [-0.4, -0.2) is 35.8 Å². The second kappa shape index (κ2) is 15.1. The van der Waals surface area contributed by atoms with E-state index in [-0.39, 0.29) is 18.4 Å². The fourth-order valence-electron chi connectivity index (χ4n) is 4.07. The summed E-state index contributed by atoms with van der Waals surface area (Å²) in [6, 6.07) is 16.1. The van der Waals surface area contributed by atoms with Gasteiger partial charge >= 0.3 is 6.03 Å². The first-order chi connectivity index (χ1) is 18.5. The van der Waals surface area contributed by atoms with E-state index in [1.165, 1.54) is 0 Å². The molecule has 4 N–H and O–H groups in total. The standard InChI is InChI=1S/C30H36N4O4/c1-3-9-27(38-2)10-8-19-32-30(36)34(21-7-5-4-6-11-29(35)33-37)26-16-14-23(15-17-26)25-13-12-24-18-20-31-28(24)22-25/h3,8-10,12-20,22,31,37H,4-7,11,21H2,1-2H3,(H,32,36)(H,33,35)/b9-3-,19-8+,27-10+.